The molecule has 1 aliphatic rings. The van der Waals surface area contributed by atoms with Gasteiger partial charge in [-0.2, -0.15) is 0 Å². The van der Waals surface area contributed by atoms with Gasteiger partial charge in [-0.05, 0) is 31.1 Å². The summed E-state index contributed by atoms with van der Waals surface area (Å²) in [7, 11) is 1.67. The van der Waals surface area contributed by atoms with Gasteiger partial charge < -0.3 is 15.5 Å². The molecule has 1 saturated carbocycles. The maximum Gasteiger partial charge on any atom is 0.253 e. The van der Waals surface area contributed by atoms with Gasteiger partial charge in [-0.3, -0.25) is 4.79 Å². The standard InChI is InChI=1S/C13H21N3O2/c1-12(2)4-6-13(18-3,7-5-12)11-15-9(14)8-10(17)16-11/h8H,4-7H2,1-3H3,(H3,14,15,16,17). The zero-order valence-corrected chi connectivity index (χ0v) is 11.2. The molecule has 1 aliphatic carbocycles. The quantitative estimate of drug-likeness (QED) is 0.839. The van der Waals surface area contributed by atoms with Crippen molar-refractivity contribution in [3.63, 3.8) is 0 Å². The summed E-state index contributed by atoms with van der Waals surface area (Å²) in [5.74, 6) is 0.806. The number of anilines is 1. The van der Waals surface area contributed by atoms with Crippen molar-refractivity contribution < 1.29 is 4.74 Å². The molecule has 0 atom stereocenters. The van der Waals surface area contributed by atoms with E-state index >= 15 is 0 Å². The first kappa shape index (κ1) is 13.1. The first-order valence-electron chi connectivity index (χ1n) is 6.29. The second-order valence-electron chi connectivity index (χ2n) is 5.88. The lowest BCUT2D eigenvalue weighted by molar-refractivity contribution is -0.0729. The van der Waals surface area contributed by atoms with Crippen molar-refractivity contribution >= 4 is 5.82 Å². The molecule has 5 heteroatoms. The van der Waals surface area contributed by atoms with Gasteiger partial charge >= 0.3 is 0 Å². The number of nitrogens with zero attached hydrogens (tertiary/aromatic N) is 1. The lowest BCUT2D eigenvalue weighted by Crippen LogP contribution is -2.39. The lowest BCUT2D eigenvalue weighted by atomic mass is 9.70. The SMILES string of the molecule is COC1(c2nc(N)cc(=O)[nH]2)CCC(C)(C)CC1. The van der Waals surface area contributed by atoms with Crippen LogP contribution in [0.3, 0.4) is 0 Å². The number of nitrogen functional groups attached to an aromatic ring is 1. The van der Waals surface area contributed by atoms with Crippen LogP contribution in [0.1, 0.15) is 45.4 Å². The molecule has 3 N–H and O–H groups in total. The molecule has 0 saturated heterocycles. The predicted octanol–water partition coefficient (Wildman–Crippen LogP) is 1.79. The molecule has 0 spiro atoms. The molecular weight excluding hydrogens is 230 g/mol. The van der Waals surface area contributed by atoms with Crippen LogP contribution in [-0.2, 0) is 10.3 Å². The van der Waals surface area contributed by atoms with Crippen LogP contribution in [0.4, 0.5) is 5.82 Å². The molecule has 0 radical (unpaired) electrons. The second-order valence-corrected chi connectivity index (χ2v) is 5.88. The van der Waals surface area contributed by atoms with Crippen LogP contribution in [0.2, 0.25) is 0 Å². The highest BCUT2D eigenvalue weighted by Crippen LogP contribution is 2.45. The molecule has 0 aliphatic heterocycles. The third-order valence-electron chi connectivity index (χ3n) is 4.00. The molecule has 5 nitrogen and oxygen atoms in total. The van der Waals surface area contributed by atoms with Crippen molar-refractivity contribution in [1.82, 2.24) is 9.97 Å². The zero-order valence-electron chi connectivity index (χ0n) is 11.2. The Morgan fingerprint density at radius 1 is 1.33 bits per heavy atom. The van der Waals surface area contributed by atoms with Gasteiger partial charge in [0.1, 0.15) is 17.2 Å². The zero-order chi connectivity index (χ0) is 13.4. The number of ether oxygens (including phenoxy) is 1. The molecule has 0 amide bonds. The van der Waals surface area contributed by atoms with Gasteiger partial charge in [0.05, 0.1) is 0 Å². The molecule has 100 valence electrons. The number of nitrogens with one attached hydrogen (secondary N) is 1. The van der Waals surface area contributed by atoms with Crippen LogP contribution in [0.25, 0.3) is 0 Å². The Bertz CT molecular complexity index is 483. The van der Waals surface area contributed by atoms with E-state index in [-0.39, 0.29) is 11.4 Å². The van der Waals surface area contributed by atoms with E-state index in [0.717, 1.165) is 25.7 Å². The van der Waals surface area contributed by atoms with Gasteiger partial charge in [0.2, 0.25) is 0 Å². The van der Waals surface area contributed by atoms with E-state index in [9.17, 15) is 4.79 Å². The average molecular weight is 251 g/mol. The molecule has 1 heterocycles. The maximum atomic E-state index is 11.5. The molecule has 18 heavy (non-hydrogen) atoms. The van der Waals surface area contributed by atoms with Gasteiger partial charge in [-0.1, -0.05) is 13.8 Å². The summed E-state index contributed by atoms with van der Waals surface area (Å²) in [6, 6.07) is 1.29. The van der Waals surface area contributed by atoms with Crippen molar-refractivity contribution in [3.05, 3.63) is 22.2 Å². The van der Waals surface area contributed by atoms with E-state index < -0.39 is 5.60 Å². The maximum absolute atomic E-state index is 11.5. The fourth-order valence-corrected chi connectivity index (χ4v) is 2.56. The second kappa shape index (κ2) is 4.39. The number of H-pyrrole nitrogens is 1. The van der Waals surface area contributed by atoms with Crippen molar-refractivity contribution in [2.45, 2.75) is 45.1 Å². The first-order chi connectivity index (χ1) is 8.37. The Morgan fingerprint density at radius 3 is 2.44 bits per heavy atom. The van der Waals surface area contributed by atoms with Crippen molar-refractivity contribution in [1.29, 1.82) is 0 Å². The third kappa shape index (κ3) is 2.41. The Hall–Kier alpha value is -1.36. The number of aromatic amines is 1. The number of rotatable bonds is 2. The van der Waals surface area contributed by atoms with Gasteiger partial charge in [0, 0.05) is 13.2 Å². The van der Waals surface area contributed by atoms with Crippen LogP contribution >= 0.6 is 0 Å². The van der Waals surface area contributed by atoms with Crippen molar-refractivity contribution in [2.24, 2.45) is 5.41 Å². The van der Waals surface area contributed by atoms with E-state index in [1.54, 1.807) is 7.11 Å². The normalized spacial score (nSPS) is 21.7. The number of hydrogen-bond acceptors (Lipinski definition) is 4. The Labute approximate surface area is 107 Å². The number of methoxy groups -OCH3 is 1. The van der Waals surface area contributed by atoms with Crippen LogP contribution in [-0.4, -0.2) is 17.1 Å². The van der Waals surface area contributed by atoms with Crippen LogP contribution in [0.15, 0.2) is 10.9 Å². The highest BCUT2D eigenvalue weighted by atomic mass is 16.5. The van der Waals surface area contributed by atoms with Gasteiger partial charge in [-0.15, -0.1) is 0 Å². The summed E-state index contributed by atoms with van der Waals surface area (Å²) < 4.78 is 5.68. The van der Waals surface area contributed by atoms with Crippen LogP contribution < -0.4 is 11.3 Å². The van der Waals surface area contributed by atoms with Crippen LogP contribution in [0, 0.1) is 5.41 Å². The minimum Gasteiger partial charge on any atom is -0.383 e. The largest absolute Gasteiger partial charge is 0.383 e. The van der Waals surface area contributed by atoms with Gasteiger partial charge in [0.25, 0.3) is 5.56 Å². The van der Waals surface area contributed by atoms with E-state index in [2.05, 4.69) is 23.8 Å². The van der Waals surface area contributed by atoms with Crippen LogP contribution in [0.5, 0.6) is 0 Å². The molecule has 1 aromatic rings. The number of aromatic nitrogens is 2. The van der Waals surface area contributed by atoms with Gasteiger partial charge in [-0.25, -0.2) is 4.98 Å². The highest BCUT2D eigenvalue weighted by Gasteiger charge is 2.41. The monoisotopic (exact) mass is 251 g/mol. The summed E-state index contributed by atoms with van der Waals surface area (Å²) in [5.41, 5.74) is 5.25. The number of hydrogen-bond donors (Lipinski definition) is 2. The fraction of sp³-hybridized carbons (Fsp3) is 0.692. The molecule has 0 bridgehead atoms. The molecule has 1 fully saturated rings. The van der Waals surface area contributed by atoms with Gasteiger partial charge in [0.15, 0.2) is 0 Å². The van der Waals surface area contributed by atoms with E-state index in [4.69, 9.17) is 10.5 Å². The Morgan fingerprint density at radius 2 is 1.94 bits per heavy atom. The van der Waals surface area contributed by atoms with Crippen molar-refractivity contribution in [2.75, 3.05) is 12.8 Å². The van der Waals surface area contributed by atoms with E-state index in [1.165, 1.54) is 6.07 Å². The number of nitrogens with two attached hydrogens (primary N) is 1. The molecular formula is C13H21N3O2. The van der Waals surface area contributed by atoms with Crippen molar-refractivity contribution in [3.8, 4) is 0 Å². The summed E-state index contributed by atoms with van der Waals surface area (Å²) in [6.45, 7) is 4.50. The summed E-state index contributed by atoms with van der Waals surface area (Å²) >= 11 is 0. The first-order valence-corrected chi connectivity index (χ1v) is 6.29. The minimum absolute atomic E-state index is 0.223. The Balaban J connectivity index is 2.36. The minimum atomic E-state index is -0.496. The Kier molecular flexibility index (Phi) is 3.19. The smallest absolute Gasteiger partial charge is 0.253 e. The predicted molar refractivity (Wildman–Crippen MR) is 70.2 cm³/mol. The average Bonchev–Trinajstić information content (AvgIpc) is 2.28. The summed E-state index contributed by atoms with van der Waals surface area (Å²) in [4.78, 5) is 18.5. The van der Waals surface area contributed by atoms with E-state index in [0.29, 0.717) is 11.2 Å². The fourth-order valence-electron chi connectivity index (χ4n) is 2.56. The van der Waals surface area contributed by atoms with E-state index in [1.807, 2.05) is 0 Å². The topological polar surface area (TPSA) is 81.0 Å². The molecule has 1 aromatic heterocycles. The summed E-state index contributed by atoms with van der Waals surface area (Å²) in [6.07, 6.45) is 3.78. The third-order valence-corrected chi connectivity index (χ3v) is 4.00. The molecule has 0 aromatic carbocycles. The lowest BCUT2D eigenvalue weighted by Gasteiger charge is -2.41. The summed E-state index contributed by atoms with van der Waals surface area (Å²) in [5, 5.41) is 0. The highest BCUT2D eigenvalue weighted by molar-refractivity contribution is 5.27. The molecule has 0 unspecified atom stereocenters. The molecule has 2 rings (SSSR count).